The van der Waals surface area contributed by atoms with Crippen molar-refractivity contribution in [2.45, 2.75) is 0 Å². The van der Waals surface area contributed by atoms with Crippen LogP contribution in [0.1, 0.15) is 0 Å². The Morgan fingerprint density at radius 3 is 1.71 bits per heavy atom. The molecular weight excluding hydrogens is 199 g/mol. The molecule has 0 aliphatic rings. The Hall–Kier alpha value is 0.800. The third-order valence-corrected chi connectivity index (χ3v) is 1.12. The summed E-state index contributed by atoms with van der Waals surface area (Å²) in [6.07, 6.45) is 0. The van der Waals surface area contributed by atoms with Crippen molar-refractivity contribution in [1.29, 1.82) is 0 Å². The first-order valence-electron chi connectivity index (χ1n) is 4.05. The predicted molar refractivity (Wildman–Crippen MR) is 46.8 cm³/mol. The average molecular weight is 217 g/mol. The zero-order chi connectivity index (χ0) is 9.07. The van der Waals surface area contributed by atoms with E-state index < -0.39 is 0 Å². The van der Waals surface area contributed by atoms with E-state index in [1.165, 1.54) is 0 Å². The van der Waals surface area contributed by atoms with Gasteiger partial charge in [-0.3, -0.25) is 0 Å². The summed E-state index contributed by atoms with van der Waals surface area (Å²) in [6, 6.07) is 0. The van der Waals surface area contributed by atoms with Gasteiger partial charge in [-0.25, -0.2) is 0 Å². The van der Waals surface area contributed by atoms with Crippen LogP contribution < -0.4 is 29.6 Å². The van der Waals surface area contributed by atoms with E-state index in [9.17, 15) is 0 Å². The number of aliphatic hydroxyl groups is 1. The summed E-state index contributed by atoms with van der Waals surface area (Å²) >= 11 is 0. The number of rotatable bonds is 9. The van der Waals surface area contributed by atoms with Crippen LogP contribution in [0.2, 0.25) is 0 Å². The van der Waals surface area contributed by atoms with Crippen LogP contribution in [-0.2, 0) is 14.2 Å². The van der Waals surface area contributed by atoms with Gasteiger partial charge in [0.25, 0.3) is 0 Å². The molecule has 0 radical (unpaired) electrons. The van der Waals surface area contributed by atoms with E-state index in [4.69, 9.17) is 19.3 Å². The standard InChI is InChI=1S/C8H17O4.Na.H2O/c1-2-10-5-6-12-8-7-11-4-3-9;;/h9H,1-8H2;;1H2/q-1;+1;/p-1. The molecule has 5 nitrogen and oxygen atoms in total. The van der Waals surface area contributed by atoms with E-state index in [-0.39, 0.29) is 41.6 Å². The first-order valence-corrected chi connectivity index (χ1v) is 4.05. The van der Waals surface area contributed by atoms with E-state index in [0.29, 0.717) is 39.6 Å². The maximum Gasteiger partial charge on any atom is 1.00 e. The van der Waals surface area contributed by atoms with Gasteiger partial charge in [-0.15, -0.1) is 0 Å². The summed E-state index contributed by atoms with van der Waals surface area (Å²) in [7, 11) is 0. The number of hydrogen-bond donors (Lipinski definition) is 1. The van der Waals surface area contributed by atoms with Gasteiger partial charge < -0.3 is 31.7 Å². The molecule has 0 heterocycles. The minimum atomic E-state index is 0. The van der Waals surface area contributed by atoms with Crippen LogP contribution in [0.25, 0.3) is 0 Å². The van der Waals surface area contributed by atoms with Crippen LogP contribution >= 0.6 is 0 Å². The fourth-order valence-corrected chi connectivity index (χ4v) is 0.606. The molecule has 14 heavy (non-hydrogen) atoms. The fraction of sp³-hybridized carbons (Fsp3) is 0.875. The Kier molecular flexibility index (Phi) is 28.0. The minimum Gasteiger partial charge on any atom is -0.870 e. The number of hydrogen-bond acceptors (Lipinski definition) is 5. The quantitative estimate of drug-likeness (QED) is 0.248. The predicted octanol–water partition coefficient (Wildman–Crippen LogP) is -3.31. The Morgan fingerprint density at radius 1 is 0.857 bits per heavy atom. The fourth-order valence-electron chi connectivity index (χ4n) is 0.606. The smallest absolute Gasteiger partial charge is 0.870 e. The van der Waals surface area contributed by atoms with Gasteiger partial charge in [0.2, 0.25) is 0 Å². The second kappa shape index (κ2) is 19.4. The van der Waals surface area contributed by atoms with Crippen molar-refractivity contribution in [2.24, 2.45) is 0 Å². The number of aliphatic hydroxyl groups excluding tert-OH is 1. The maximum absolute atomic E-state index is 8.35. The SMILES string of the molecule is [CH2-]COCCOCCOCCO.[Na+].[OH-]. The third-order valence-electron chi connectivity index (χ3n) is 1.12. The van der Waals surface area contributed by atoms with E-state index >= 15 is 0 Å². The summed E-state index contributed by atoms with van der Waals surface area (Å²) in [5, 5.41) is 8.35. The monoisotopic (exact) mass is 217 g/mol. The van der Waals surface area contributed by atoms with Gasteiger partial charge >= 0.3 is 29.6 Å². The molecule has 0 fully saturated rings. The van der Waals surface area contributed by atoms with Crippen LogP contribution in [0.3, 0.4) is 0 Å². The van der Waals surface area contributed by atoms with Crippen LogP contribution in [0, 0.1) is 6.92 Å². The average Bonchev–Trinajstić information content (AvgIpc) is 2.10. The van der Waals surface area contributed by atoms with Crippen LogP contribution in [0.5, 0.6) is 0 Å². The second-order valence-electron chi connectivity index (χ2n) is 2.06. The van der Waals surface area contributed by atoms with E-state index in [2.05, 4.69) is 6.92 Å². The molecule has 6 heteroatoms. The normalized spacial score (nSPS) is 9.00. The molecule has 0 spiro atoms. The Labute approximate surface area is 107 Å². The Bertz CT molecular complexity index is 74.1. The summed E-state index contributed by atoms with van der Waals surface area (Å²) in [4.78, 5) is 0. The molecule has 0 rings (SSSR count). The largest absolute Gasteiger partial charge is 1.00 e. The van der Waals surface area contributed by atoms with E-state index in [1.54, 1.807) is 0 Å². The molecule has 82 valence electrons. The minimum absolute atomic E-state index is 0. The maximum atomic E-state index is 8.35. The van der Waals surface area contributed by atoms with Gasteiger partial charge in [0.1, 0.15) is 0 Å². The van der Waals surface area contributed by atoms with Crippen LogP contribution in [0.4, 0.5) is 0 Å². The first kappa shape index (κ1) is 20.2. The second-order valence-corrected chi connectivity index (χ2v) is 2.06. The Balaban J connectivity index is -0.000000605. The van der Waals surface area contributed by atoms with Crippen molar-refractivity contribution < 1.29 is 54.4 Å². The van der Waals surface area contributed by atoms with Crippen LogP contribution in [-0.4, -0.2) is 56.8 Å². The van der Waals surface area contributed by atoms with Gasteiger partial charge in [0.15, 0.2) is 0 Å². The third kappa shape index (κ3) is 18.6. The zero-order valence-corrected chi connectivity index (χ0v) is 10.8. The summed E-state index contributed by atoms with van der Waals surface area (Å²) in [5.74, 6) is 0. The molecule has 0 saturated carbocycles. The van der Waals surface area contributed by atoms with Crippen molar-refractivity contribution in [3.63, 3.8) is 0 Å². The summed E-state index contributed by atoms with van der Waals surface area (Å²) in [6.45, 7) is 6.63. The van der Waals surface area contributed by atoms with E-state index in [0.717, 1.165) is 0 Å². The van der Waals surface area contributed by atoms with Gasteiger partial charge in [-0.05, 0) is 0 Å². The topological polar surface area (TPSA) is 77.9 Å². The molecule has 0 aliphatic carbocycles. The molecule has 0 aromatic rings. The van der Waals surface area contributed by atoms with Crippen molar-refractivity contribution >= 4 is 0 Å². The molecule has 0 aliphatic heterocycles. The van der Waals surface area contributed by atoms with Gasteiger partial charge in [0.05, 0.1) is 39.6 Å². The van der Waals surface area contributed by atoms with Crippen molar-refractivity contribution in [2.75, 3.05) is 46.2 Å². The first-order chi connectivity index (χ1) is 5.91. The summed E-state index contributed by atoms with van der Waals surface area (Å²) in [5.41, 5.74) is 0. The Morgan fingerprint density at radius 2 is 1.29 bits per heavy atom. The summed E-state index contributed by atoms with van der Waals surface area (Å²) < 4.78 is 15.0. The van der Waals surface area contributed by atoms with Crippen molar-refractivity contribution in [3.8, 4) is 0 Å². The molecule has 0 unspecified atom stereocenters. The molecule has 0 aromatic heterocycles. The van der Waals surface area contributed by atoms with Gasteiger partial charge in [-0.1, -0.05) is 6.61 Å². The van der Waals surface area contributed by atoms with Gasteiger partial charge in [0, 0.05) is 0 Å². The molecule has 0 atom stereocenters. The zero-order valence-electron chi connectivity index (χ0n) is 8.78. The molecule has 0 saturated heterocycles. The molecule has 0 amide bonds. The molecule has 2 N–H and O–H groups in total. The van der Waals surface area contributed by atoms with Crippen molar-refractivity contribution in [1.82, 2.24) is 0 Å². The molecule has 0 bridgehead atoms. The van der Waals surface area contributed by atoms with Gasteiger partial charge in [-0.2, -0.15) is 0 Å². The van der Waals surface area contributed by atoms with Crippen molar-refractivity contribution in [3.05, 3.63) is 6.92 Å². The van der Waals surface area contributed by atoms with E-state index in [1.807, 2.05) is 0 Å². The molecule has 0 aromatic carbocycles. The number of ether oxygens (including phenoxy) is 3. The molecular formula is C8H18NaO5-. The van der Waals surface area contributed by atoms with Crippen LogP contribution in [0.15, 0.2) is 0 Å².